The predicted octanol–water partition coefficient (Wildman–Crippen LogP) is 2.03. The van der Waals surface area contributed by atoms with Gasteiger partial charge < -0.3 is 15.2 Å². The van der Waals surface area contributed by atoms with Gasteiger partial charge in [0.25, 0.3) is 5.91 Å². The van der Waals surface area contributed by atoms with Gasteiger partial charge in [-0.15, -0.1) is 0 Å². The molecule has 148 valence electrons. The molecule has 3 fully saturated rings. The minimum atomic E-state index is -0.947. The highest BCUT2D eigenvalue weighted by molar-refractivity contribution is 6.30. The maximum absolute atomic E-state index is 13.4. The Bertz CT molecular complexity index is 889. The molecule has 5 rings (SSSR count). The van der Waals surface area contributed by atoms with Gasteiger partial charge in [0.15, 0.2) is 18.7 Å². The summed E-state index contributed by atoms with van der Waals surface area (Å²) in [5, 5.41) is 16.4. The molecule has 0 saturated heterocycles. The monoisotopic (exact) mass is 406 g/mol. The van der Waals surface area contributed by atoms with Gasteiger partial charge in [0.2, 0.25) is 0 Å². The summed E-state index contributed by atoms with van der Waals surface area (Å²) < 4.78 is 18.7. The topological polar surface area (TPSA) is 96.4 Å². The van der Waals surface area contributed by atoms with Gasteiger partial charge in [-0.25, -0.2) is 14.4 Å². The molecule has 3 N–H and O–H groups in total. The number of carbonyl (C=O) groups excluding carboxylic acids is 1. The summed E-state index contributed by atoms with van der Waals surface area (Å²) in [6.45, 7) is 1.67. The van der Waals surface area contributed by atoms with Crippen LogP contribution in [0.15, 0.2) is 30.6 Å². The molecule has 3 aliphatic rings. The summed E-state index contributed by atoms with van der Waals surface area (Å²) in [5.74, 6) is -0.291. The van der Waals surface area contributed by atoms with Gasteiger partial charge >= 0.3 is 0 Å². The zero-order valence-corrected chi connectivity index (χ0v) is 16.0. The van der Waals surface area contributed by atoms with Crippen LogP contribution in [0.3, 0.4) is 0 Å². The maximum atomic E-state index is 13.4. The molecular formula is C19H20ClFN4O3. The number of halogens is 2. The predicted molar refractivity (Wildman–Crippen MR) is 99.2 cm³/mol. The highest BCUT2D eigenvalue weighted by atomic mass is 35.5. The fourth-order valence-corrected chi connectivity index (χ4v) is 4.14. The van der Waals surface area contributed by atoms with E-state index in [1.807, 2.05) is 6.92 Å². The van der Waals surface area contributed by atoms with E-state index in [4.69, 9.17) is 16.3 Å². The molecule has 1 amide bonds. The van der Waals surface area contributed by atoms with Crippen molar-refractivity contribution in [2.45, 2.75) is 43.5 Å². The quantitative estimate of drug-likeness (QED) is 0.609. The van der Waals surface area contributed by atoms with Crippen LogP contribution in [-0.4, -0.2) is 38.7 Å². The molecule has 3 saturated carbocycles. The lowest BCUT2D eigenvalue weighted by molar-refractivity contribution is -0.151. The van der Waals surface area contributed by atoms with Gasteiger partial charge in [-0.05, 0) is 43.9 Å². The lowest BCUT2D eigenvalue weighted by Gasteiger charge is -2.71. The van der Waals surface area contributed by atoms with Crippen LogP contribution in [0.5, 0.6) is 5.75 Å². The number of nitrogens with zero attached hydrogens (tertiary/aromatic N) is 2. The van der Waals surface area contributed by atoms with Crippen molar-refractivity contribution in [2.24, 2.45) is 0 Å². The first-order chi connectivity index (χ1) is 13.3. The number of amides is 1. The van der Waals surface area contributed by atoms with Gasteiger partial charge in [0, 0.05) is 29.5 Å². The van der Waals surface area contributed by atoms with Gasteiger partial charge in [-0.2, -0.15) is 0 Å². The van der Waals surface area contributed by atoms with E-state index in [0.29, 0.717) is 25.1 Å². The molecular weight excluding hydrogens is 387 g/mol. The second-order valence-corrected chi connectivity index (χ2v) is 8.08. The van der Waals surface area contributed by atoms with E-state index >= 15 is 0 Å². The first-order valence-corrected chi connectivity index (χ1v) is 9.29. The Morgan fingerprint density at radius 1 is 1.32 bits per heavy atom. The van der Waals surface area contributed by atoms with Crippen molar-refractivity contribution in [3.8, 4) is 5.75 Å². The lowest BCUT2D eigenvalue weighted by Crippen LogP contribution is -2.83. The molecule has 7 nitrogen and oxygen atoms in total. The van der Waals surface area contributed by atoms with E-state index in [1.54, 1.807) is 12.4 Å². The number of hydrogen-bond donors (Lipinski definition) is 3. The van der Waals surface area contributed by atoms with Crippen LogP contribution < -0.4 is 15.4 Å². The van der Waals surface area contributed by atoms with E-state index in [1.165, 1.54) is 12.1 Å². The van der Waals surface area contributed by atoms with E-state index in [-0.39, 0.29) is 34.4 Å². The van der Waals surface area contributed by atoms with Crippen molar-refractivity contribution >= 4 is 17.5 Å². The van der Waals surface area contributed by atoms with Crippen LogP contribution in [0.4, 0.5) is 4.39 Å². The fraction of sp³-hybridized carbons (Fsp3) is 0.421. The number of aryl methyl sites for hydroxylation is 1. The molecule has 2 aromatic rings. The van der Waals surface area contributed by atoms with Gasteiger partial charge in [0.1, 0.15) is 11.6 Å². The Morgan fingerprint density at radius 2 is 2.00 bits per heavy atom. The summed E-state index contributed by atoms with van der Waals surface area (Å²) in [6, 6.07) is 4.03. The number of carbonyl (C=O) groups is 1. The molecule has 9 heteroatoms. The molecule has 0 spiro atoms. The molecule has 1 atom stereocenters. The van der Waals surface area contributed by atoms with Gasteiger partial charge in [-0.3, -0.25) is 10.1 Å². The molecule has 3 aliphatic carbocycles. The molecule has 1 heterocycles. The van der Waals surface area contributed by atoms with Crippen molar-refractivity contribution in [3.05, 3.63) is 52.8 Å². The number of aliphatic hydroxyl groups is 1. The van der Waals surface area contributed by atoms with E-state index < -0.39 is 12.0 Å². The zero-order chi connectivity index (χ0) is 19.9. The van der Waals surface area contributed by atoms with E-state index in [9.17, 15) is 14.3 Å². The van der Waals surface area contributed by atoms with Crippen molar-refractivity contribution in [3.63, 3.8) is 0 Å². The largest absolute Gasteiger partial charge is 0.484 e. The van der Waals surface area contributed by atoms with Crippen molar-refractivity contribution in [1.82, 2.24) is 20.6 Å². The van der Waals surface area contributed by atoms with Gasteiger partial charge in [-0.1, -0.05) is 11.6 Å². The number of hydrogen-bond acceptors (Lipinski definition) is 6. The standard InChI is InChI=1S/C19H20ClFN4O3/c1-11-5-22-16(23-6-11)17(27)25-19-8-18(9-19,10-19)24-15(26)7-28-12-2-3-13(20)14(21)4-12/h2-6,17,25,27H,7-10H2,1H3,(H,24,26). The minimum absolute atomic E-state index is 0.00157. The van der Waals surface area contributed by atoms with Crippen LogP contribution in [0.25, 0.3) is 0 Å². The average molecular weight is 407 g/mol. The molecule has 0 aliphatic heterocycles. The zero-order valence-electron chi connectivity index (χ0n) is 15.2. The number of aliphatic hydroxyl groups excluding tert-OH is 1. The summed E-state index contributed by atoms with van der Waals surface area (Å²) in [6.07, 6.45) is 4.50. The summed E-state index contributed by atoms with van der Waals surface area (Å²) in [7, 11) is 0. The van der Waals surface area contributed by atoms with Crippen LogP contribution in [0.2, 0.25) is 5.02 Å². The first kappa shape index (κ1) is 19.0. The normalized spacial score (nSPS) is 26.0. The van der Waals surface area contributed by atoms with Crippen LogP contribution in [0, 0.1) is 12.7 Å². The number of ether oxygens (including phenoxy) is 1. The molecule has 28 heavy (non-hydrogen) atoms. The average Bonchev–Trinajstić information content (AvgIpc) is 2.60. The smallest absolute Gasteiger partial charge is 0.258 e. The Balaban J connectivity index is 1.23. The molecule has 0 radical (unpaired) electrons. The third-order valence-electron chi connectivity index (χ3n) is 5.18. The Hall–Kier alpha value is -2.29. The highest BCUT2D eigenvalue weighted by Gasteiger charge is 2.69. The van der Waals surface area contributed by atoms with Crippen LogP contribution in [-0.2, 0) is 4.79 Å². The Morgan fingerprint density at radius 3 is 2.64 bits per heavy atom. The highest BCUT2D eigenvalue weighted by Crippen LogP contribution is 2.60. The summed E-state index contributed by atoms with van der Waals surface area (Å²) in [5.41, 5.74) is 0.444. The summed E-state index contributed by atoms with van der Waals surface area (Å²) in [4.78, 5) is 20.4. The number of rotatable bonds is 7. The molecule has 1 aromatic carbocycles. The number of nitrogens with one attached hydrogen (secondary N) is 2. The SMILES string of the molecule is Cc1cnc(C(O)NC23CC(NC(=O)COc4ccc(Cl)c(F)c4)(C2)C3)nc1. The lowest BCUT2D eigenvalue weighted by atomic mass is 9.44. The van der Waals surface area contributed by atoms with Crippen molar-refractivity contribution in [2.75, 3.05) is 6.61 Å². The first-order valence-electron chi connectivity index (χ1n) is 8.91. The molecule has 1 aromatic heterocycles. The fourth-order valence-electron chi connectivity index (χ4n) is 4.02. The summed E-state index contributed by atoms with van der Waals surface area (Å²) >= 11 is 5.62. The van der Waals surface area contributed by atoms with Crippen LogP contribution >= 0.6 is 11.6 Å². The Labute approximate surface area is 166 Å². The minimum Gasteiger partial charge on any atom is -0.484 e. The number of benzene rings is 1. The maximum Gasteiger partial charge on any atom is 0.258 e. The molecule has 1 unspecified atom stereocenters. The third-order valence-corrected chi connectivity index (χ3v) is 5.49. The van der Waals surface area contributed by atoms with Crippen molar-refractivity contribution < 1.29 is 19.0 Å². The third kappa shape index (κ3) is 3.67. The van der Waals surface area contributed by atoms with Gasteiger partial charge in [0.05, 0.1) is 5.02 Å². The van der Waals surface area contributed by atoms with E-state index in [2.05, 4.69) is 20.6 Å². The van der Waals surface area contributed by atoms with Crippen LogP contribution in [0.1, 0.15) is 36.9 Å². The Kier molecular flexibility index (Phi) is 4.73. The molecule has 2 bridgehead atoms. The number of aromatic nitrogens is 2. The second-order valence-electron chi connectivity index (χ2n) is 7.67. The van der Waals surface area contributed by atoms with Crippen molar-refractivity contribution in [1.29, 1.82) is 0 Å². The second kappa shape index (κ2) is 6.95. The van der Waals surface area contributed by atoms with E-state index in [0.717, 1.165) is 11.6 Å².